The van der Waals surface area contributed by atoms with Gasteiger partial charge in [0, 0.05) is 44.1 Å². The monoisotopic (exact) mass is 1170 g/mol. The molecule has 0 fully saturated rings. The molecule has 0 spiro atoms. The second-order valence-electron chi connectivity index (χ2n) is 24.9. The fraction of sp³-hybridized carbons (Fsp3) is 0.273. The summed E-state index contributed by atoms with van der Waals surface area (Å²) in [6.07, 6.45) is 1.93. The largest absolute Gasteiger partial charge is 0.507 e. The summed E-state index contributed by atoms with van der Waals surface area (Å²) >= 11 is 0. The van der Waals surface area contributed by atoms with Crippen LogP contribution in [0.1, 0.15) is 79.0 Å². The van der Waals surface area contributed by atoms with Gasteiger partial charge in [-0.2, -0.15) is 0 Å². The third kappa shape index (κ3) is 10.7. The van der Waals surface area contributed by atoms with Gasteiger partial charge in [0.15, 0.2) is 0 Å². The molecule has 4 nitrogen and oxygen atoms in total. The molecule has 7 aromatic carbocycles. The number of fused-ring (bicyclic) bond motifs is 1. The Bertz CT molecular complexity index is 3450. The molecule has 1 N–H and O–H groups in total. The molecule has 0 bridgehead atoms. The van der Waals surface area contributed by atoms with Crippen molar-refractivity contribution in [1.82, 2.24) is 14.5 Å². The van der Waals surface area contributed by atoms with Crippen LogP contribution in [0.25, 0.3) is 83.9 Å². The van der Waals surface area contributed by atoms with Crippen LogP contribution in [0.3, 0.4) is 0 Å². The molecule has 0 amide bonds. The zero-order valence-electron chi connectivity index (χ0n) is 45.6. The first-order chi connectivity index (χ1) is 33.8. The van der Waals surface area contributed by atoms with Crippen LogP contribution in [0.15, 0.2) is 158 Å². The smallest absolute Gasteiger partial charge is 0.148 e. The first-order valence-corrected chi connectivity index (χ1v) is 32.6. The number of para-hydroxylation sites is 1. The molecule has 0 aliphatic heterocycles. The maximum atomic E-state index is 12.7. The van der Waals surface area contributed by atoms with Crippen LogP contribution in [0.2, 0.25) is 39.3 Å². The Balaban J connectivity index is 0.00000711. The molecule has 0 aliphatic carbocycles. The minimum absolute atomic E-state index is 0. The van der Waals surface area contributed by atoms with Crippen LogP contribution >= 0.6 is 0 Å². The van der Waals surface area contributed by atoms with E-state index >= 15 is 0 Å². The maximum absolute atomic E-state index is 12.7. The van der Waals surface area contributed by atoms with Gasteiger partial charge < -0.3 is 5.11 Å². The molecule has 2 heterocycles. The van der Waals surface area contributed by atoms with E-state index in [2.05, 4.69) is 264 Å². The minimum atomic E-state index is -1.87. The molecule has 9 aromatic rings. The van der Waals surface area contributed by atoms with Crippen LogP contribution in [0.4, 0.5) is 0 Å². The van der Waals surface area contributed by atoms with Crippen molar-refractivity contribution in [1.29, 1.82) is 0 Å². The number of phenols is 1. The van der Waals surface area contributed by atoms with Crippen molar-refractivity contribution in [2.75, 3.05) is 0 Å². The summed E-state index contributed by atoms with van der Waals surface area (Å²) in [6, 6.07) is 59.0. The number of rotatable bonds is 9. The molecule has 9 rings (SSSR count). The van der Waals surface area contributed by atoms with Gasteiger partial charge in [-0.05, 0) is 80.0 Å². The molecule has 0 saturated carbocycles. The Morgan fingerprint density at radius 1 is 0.493 bits per heavy atom. The van der Waals surface area contributed by atoms with E-state index in [1.54, 1.807) is 0 Å². The SMILES string of the molecule is CC(C)(C)c1ccc(-n2c(-c3cc(C(C)(C)C)cc(C(C)(C)C)c3O)nc3c(-c4[c-]c(-c5cc(-c6ccccc6)ccn5)cc(-c5c([Si](C)(C)C)cccc5[Si](C)(C)C)c4)cccc32)c(-c2ccccc2)c1.[Pt]. The zero-order chi connectivity index (χ0) is 51.7. The van der Waals surface area contributed by atoms with Crippen molar-refractivity contribution in [2.24, 2.45) is 0 Å². The van der Waals surface area contributed by atoms with Gasteiger partial charge in [0.1, 0.15) is 11.6 Å². The predicted molar refractivity (Wildman–Crippen MR) is 314 cm³/mol. The molecule has 0 unspecified atom stereocenters. The molecule has 0 radical (unpaired) electrons. The summed E-state index contributed by atoms with van der Waals surface area (Å²) in [5.74, 6) is 0.939. The summed E-state index contributed by atoms with van der Waals surface area (Å²) in [7, 11) is -3.75. The van der Waals surface area contributed by atoms with E-state index in [4.69, 9.17) is 9.97 Å². The predicted octanol–water partition coefficient (Wildman–Crippen LogP) is 16.9. The molecular formula is C66H72N3OPtSi2-. The Labute approximate surface area is 452 Å². The molecular weight excluding hydrogens is 1100 g/mol. The number of aromatic hydroxyl groups is 1. The van der Waals surface area contributed by atoms with Crippen molar-refractivity contribution in [2.45, 2.75) is 118 Å². The van der Waals surface area contributed by atoms with Crippen molar-refractivity contribution < 1.29 is 26.2 Å². The van der Waals surface area contributed by atoms with Crippen LogP contribution in [0, 0.1) is 6.07 Å². The van der Waals surface area contributed by atoms with Gasteiger partial charge in [0.25, 0.3) is 0 Å². The number of hydrogen-bond acceptors (Lipinski definition) is 3. The quantitative estimate of drug-likeness (QED) is 0.116. The summed E-state index contributed by atoms with van der Waals surface area (Å²) < 4.78 is 2.31. The van der Waals surface area contributed by atoms with Gasteiger partial charge in [-0.15, -0.1) is 23.8 Å². The maximum Gasteiger partial charge on any atom is 0.148 e. The molecule has 2 aromatic heterocycles. The molecule has 7 heteroatoms. The van der Waals surface area contributed by atoms with E-state index in [-0.39, 0.29) is 43.1 Å². The van der Waals surface area contributed by atoms with E-state index in [9.17, 15) is 5.11 Å². The molecule has 0 aliphatic rings. The van der Waals surface area contributed by atoms with E-state index < -0.39 is 16.1 Å². The standard InChI is InChI=1S/C66H72N3OSi2.Pt/c1-64(2,3)49-32-33-56(52(40-49)44-26-20-17-21-27-44)69-57-29-22-28-51(61(57)68-63(69)53-41-50(65(4,5)6)42-54(62(53)70)66(7,8)9)46-36-47(55-39-45(34-35-67-55)43-24-18-16-19-25-43)38-48(37-46)60-58(71(10,11)12)30-23-31-59(60)72(13,14)15;/h16-35,37-42,70H,1-15H3;/q-1;. The number of nitrogens with zero attached hydrogens (tertiary/aromatic N) is 3. The Morgan fingerprint density at radius 3 is 1.66 bits per heavy atom. The van der Waals surface area contributed by atoms with Crippen LogP contribution in [-0.4, -0.2) is 35.8 Å². The average molecular weight is 1170 g/mol. The Morgan fingerprint density at radius 2 is 1.07 bits per heavy atom. The second-order valence-corrected chi connectivity index (χ2v) is 35.0. The van der Waals surface area contributed by atoms with Gasteiger partial charge in [-0.25, -0.2) is 4.98 Å². The minimum Gasteiger partial charge on any atom is -0.507 e. The molecule has 0 atom stereocenters. The number of imidazole rings is 1. The molecule has 376 valence electrons. The van der Waals surface area contributed by atoms with Crippen molar-refractivity contribution >= 4 is 37.6 Å². The number of phenolic OH excluding ortho intramolecular Hbond substituents is 1. The van der Waals surface area contributed by atoms with Crippen molar-refractivity contribution in [3.8, 4) is 78.6 Å². The fourth-order valence-electron chi connectivity index (χ4n) is 10.1. The summed E-state index contributed by atoms with van der Waals surface area (Å²) in [4.78, 5) is 10.9. The summed E-state index contributed by atoms with van der Waals surface area (Å²) in [5, 5.41) is 15.7. The third-order valence-corrected chi connectivity index (χ3v) is 18.2. The van der Waals surface area contributed by atoms with E-state index in [1.165, 1.54) is 27.1 Å². The van der Waals surface area contributed by atoms with E-state index in [0.29, 0.717) is 11.4 Å². The number of pyridine rings is 1. The first kappa shape index (κ1) is 53.4. The van der Waals surface area contributed by atoms with Crippen molar-refractivity contribution in [3.63, 3.8) is 0 Å². The van der Waals surface area contributed by atoms with Gasteiger partial charge in [0.05, 0.1) is 38.4 Å². The molecule has 0 saturated heterocycles. The van der Waals surface area contributed by atoms with Crippen LogP contribution in [0.5, 0.6) is 5.75 Å². The number of aromatic nitrogens is 3. The first-order valence-electron chi connectivity index (χ1n) is 25.6. The number of hydrogen-bond donors (Lipinski definition) is 1. The zero-order valence-corrected chi connectivity index (χ0v) is 49.9. The third-order valence-electron chi connectivity index (χ3n) is 14.2. The fourth-order valence-corrected chi connectivity index (χ4v) is 13.5. The second kappa shape index (κ2) is 19.7. The number of benzene rings is 7. The van der Waals surface area contributed by atoms with Gasteiger partial charge in [-0.3, -0.25) is 9.55 Å². The van der Waals surface area contributed by atoms with Crippen molar-refractivity contribution in [3.05, 3.63) is 181 Å². The normalized spacial score (nSPS) is 12.5. The molecule has 73 heavy (non-hydrogen) atoms. The van der Waals surface area contributed by atoms with E-state index in [1.807, 2.05) is 6.20 Å². The van der Waals surface area contributed by atoms with Gasteiger partial charge >= 0.3 is 0 Å². The summed E-state index contributed by atoms with van der Waals surface area (Å²) in [6.45, 7) is 34.8. The van der Waals surface area contributed by atoms with Crippen LogP contribution in [-0.2, 0) is 37.3 Å². The van der Waals surface area contributed by atoms with Gasteiger partial charge in [0.2, 0.25) is 0 Å². The van der Waals surface area contributed by atoms with E-state index in [0.717, 1.165) is 72.5 Å². The Kier molecular flexibility index (Phi) is 14.4. The van der Waals surface area contributed by atoms with Crippen LogP contribution < -0.4 is 10.4 Å². The topological polar surface area (TPSA) is 50.9 Å². The average Bonchev–Trinajstić information content (AvgIpc) is 3.72. The Hall–Kier alpha value is -5.92. The van der Waals surface area contributed by atoms with Gasteiger partial charge in [-0.1, -0.05) is 238 Å². The summed E-state index contributed by atoms with van der Waals surface area (Å²) in [5.41, 5.74) is 16.8.